The molecular formula is C36H42O13. The van der Waals surface area contributed by atoms with Crippen molar-refractivity contribution in [2.45, 2.75) is 121 Å². The smallest absolute Gasteiger partial charge is 0.333 e. The highest BCUT2D eigenvalue weighted by atomic mass is 17.0. The van der Waals surface area contributed by atoms with Gasteiger partial charge in [-0.2, -0.15) is 0 Å². The largest absolute Gasteiger partial charge is 0.472 e. The number of carbonyl (C=O) groups excluding carboxylic acids is 4. The molecule has 2 saturated heterocycles. The highest BCUT2D eigenvalue weighted by molar-refractivity contribution is 5.88. The van der Waals surface area contributed by atoms with Crippen LogP contribution >= 0.6 is 0 Å². The lowest BCUT2D eigenvalue weighted by molar-refractivity contribution is -0.443. The number of furan rings is 1. The van der Waals surface area contributed by atoms with Crippen LogP contribution in [0.15, 0.2) is 46.3 Å². The van der Waals surface area contributed by atoms with Crippen LogP contribution in [0.2, 0.25) is 0 Å². The second kappa shape index (κ2) is 9.42. The van der Waals surface area contributed by atoms with Crippen molar-refractivity contribution < 1.29 is 61.9 Å². The van der Waals surface area contributed by atoms with Gasteiger partial charge in [-0.15, -0.1) is 0 Å². The van der Waals surface area contributed by atoms with Crippen LogP contribution in [0, 0.1) is 22.2 Å². The van der Waals surface area contributed by atoms with E-state index in [0.717, 1.165) is 0 Å². The molecule has 3 aliphatic heterocycles. The van der Waals surface area contributed by atoms with Gasteiger partial charge in [0.05, 0.1) is 19.6 Å². The Hall–Kier alpha value is -3.52. The summed E-state index contributed by atoms with van der Waals surface area (Å²) in [4.78, 5) is 54.1. The summed E-state index contributed by atoms with van der Waals surface area (Å²) >= 11 is 0. The Morgan fingerprint density at radius 3 is 2.47 bits per heavy atom. The molecule has 1 aromatic heterocycles. The normalized spacial score (nSPS) is 49.9. The molecule has 8 rings (SSSR count). The Kier molecular flexibility index (Phi) is 6.28. The van der Waals surface area contributed by atoms with E-state index in [4.69, 9.17) is 37.6 Å². The number of hydrogen-bond acceptors (Lipinski definition) is 13. The highest BCUT2D eigenvalue weighted by Gasteiger charge is 3.03. The Morgan fingerprint density at radius 1 is 1.10 bits per heavy atom. The lowest BCUT2D eigenvalue weighted by Crippen LogP contribution is -2.92. The topological polar surface area (TPSA) is 166 Å². The van der Waals surface area contributed by atoms with Crippen LogP contribution in [0.25, 0.3) is 0 Å². The van der Waals surface area contributed by atoms with Crippen LogP contribution in [0.4, 0.5) is 0 Å². The number of carbonyl (C=O) groups is 4. The van der Waals surface area contributed by atoms with E-state index in [1.54, 1.807) is 32.9 Å². The molecule has 13 nitrogen and oxygen atoms in total. The predicted octanol–water partition coefficient (Wildman–Crippen LogP) is 3.73. The molecule has 13 heteroatoms. The van der Waals surface area contributed by atoms with E-state index in [2.05, 4.69) is 0 Å². The standard InChI is InChI=1S/C36H42O13/c1-9-18(2)26(40)45-27-30(5)17-33(41)31(6,21(30)14-23(38)42-8)34-12-11-29(4)22(15-24(39)44-25(29)20-10-13-43-16-20)35(34)28(36(27,33)46-19(3)37)47-32(7,48-34)49-35/h9-10,13,15-16,21,25,27-28,41H,11-12,14,17H2,1-8H3. The number of ether oxygens (including phenoxy) is 7. The molecule has 4 saturated carbocycles. The summed E-state index contributed by atoms with van der Waals surface area (Å²) in [6.45, 7) is 11.7. The molecule has 49 heavy (non-hydrogen) atoms. The molecule has 12 atom stereocenters. The van der Waals surface area contributed by atoms with Crippen LogP contribution in [0.3, 0.4) is 0 Å². The number of rotatable bonds is 6. The molecule has 4 heterocycles. The molecule has 0 aromatic carbocycles. The van der Waals surface area contributed by atoms with Gasteiger partial charge in [-0.3, -0.25) is 9.59 Å². The molecular weight excluding hydrogens is 640 g/mol. The molecule has 0 radical (unpaired) electrons. The highest BCUT2D eigenvalue weighted by Crippen LogP contribution is 2.88. The summed E-state index contributed by atoms with van der Waals surface area (Å²) in [5.41, 5.74) is -9.37. The molecule has 1 N–H and O–H groups in total. The zero-order valence-corrected chi connectivity index (χ0v) is 28.9. The van der Waals surface area contributed by atoms with Gasteiger partial charge in [0.25, 0.3) is 5.97 Å². The van der Waals surface area contributed by atoms with Crippen molar-refractivity contribution in [3.63, 3.8) is 0 Å². The van der Waals surface area contributed by atoms with E-state index >= 15 is 0 Å². The molecule has 12 unspecified atom stereocenters. The maximum absolute atomic E-state index is 13.7. The molecule has 4 bridgehead atoms. The molecule has 6 fully saturated rings. The van der Waals surface area contributed by atoms with Gasteiger partial charge in [0.2, 0.25) is 5.60 Å². The first-order valence-corrected chi connectivity index (χ1v) is 16.8. The minimum Gasteiger partial charge on any atom is -0.472 e. The minimum absolute atomic E-state index is 0.0357. The summed E-state index contributed by atoms with van der Waals surface area (Å²) < 4.78 is 50.1. The van der Waals surface area contributed by atoms with E-state index in [9.17, 15) is 24.3 Å². The summed E-state index contributed by atoms with van der Waals surface area (Å²) in [6.07, 6.45) is 2.99. The Bertz CT molecular complexity index is 1760. The number of hydrogen-bond donors (Lipinski definition) is 1. The molecule has 1 aromatic rings. The van der Waals surface area contributed by atoms with Crippen LogP contribution in [-0.2, 0) is 52.3 Å². The summed E-state index contributed by atoms with van der Waals surface area (Å²) in [7, 11) is 1.29. The maximum Gasteiger partial charge on any atom is 0.333 e. The second-order valence-corrected chi connectivity index (χ2v) is 15.7. The SMILES string of the molecule is CC=C(C)C(=O)OC1C2(C)CC3(O)C1(OC(C)=O)C1OC4(C)OC15C1=CC(=O)OC(c6ccoc6)C1(C)CCC5(O4)C3(C)C2CC(=O)OC. The third-order valence-electron chi connectivity index (χ3n) is 13.7. The van der Waals surface area contributed by atoms with Gasteiger partial charge >= 0.3 is 23.9 Å². The van der Waals surface area contributed by atoms with Gasteiger partial charge in [0.1, 0.15) is 23.4 Å². The first-order chi connectivity index (χ1) is 22.9. The van der Waals surface area contributed by atoms with E-state index < -0.39 is 92.7 Å². The summed E-state index contributed by atoms with van der Waals surface area (Å²) in [5.74, 6) is -5.15. The van der Waals surface area contributed by atoms with Crippen LogP contribution in [0.5, 0.6) is 0 Å². The molecule has 4 aliphatic carbocycles. The van der Waals surface area contributed by atoms with Gasteiger partial charge in [-0.25, -0.2) is 9.59 Å². The summed E-state index contributed by atoms with van der Waals surface area (Å²) in [6, 6.07) is 1.73. The van der Waals surface area contributed by atoms with Crippen molar-refractivity contribution in [3.8, 4) is 0 Å². The number of esters is 4. The number of fused-ring (bicyclic) bond motifs is 4. The van der Waals surface area contributed by atoms with Crippen LogP contribution in [-0.4, -0.2) is 76.7 Å². The first-order valence-electron chi connectivity index (χ1n) is 16.8. The fourth-order valence-electron chi connectivity index (χ4n) is 11.9. The van der Waals surface area contributed by atoms with Gasteiger partial charge in [-0.1, -0.05) is 26.8 Å². The Morgan fingerprint density at radius 2 is 1.84 bits per heavy atom. The average molecular weight is 683 g/mol. The first kappa shape index (κ1) is 32.7. The van der Waals surface area contributed by atoms with Crippen molar-refractivity contribution in [2.75, 3.05) is 7.11 Å². The van der Waals surface area contributed by atoms with E-state index in [1.807, 2.05) is 20.8 Å². The van der Waals surface area contributed by atoms with Crippen molar-refractivity contribution in [3.05, 3.63) is 47.5 Å². The van der Waals surface area contributed by atoms with Crippen LogP contribution in [0.1, 0.15) is 85.8 Å². The quantitative estimate of drug-likeness (QED) is 0.262. The minimum atomic E-state index is -2.09. The number of allylic oxidation sites excluding steroid dienone is 1. The fourth-order valence-corrected chi connectivity index (χ4v) is 11.9. The monoisotopic (exact) mass is 682 g/mol. The third kappa shape index (κ3) is 3.28. The lowest BCUT2D eigenvalue weighted by atomic mass is 9.34. The molecule has 264 valence electrons. The van der Waals surface area contributed by atoms with Crippen molar-refractivity contribution >= 4 is 23.9 Å². The average Bonchev–Trinajstić information content (AvgIpc) is 3.81. The van der Waals surface area contributed by atoms with Crippen molar-refractivity contribution in [1.29, 1.82) is 0 Å². The second-order valence-electron chi connectivity index (χ2n) is 15.7. The fraction of sp³-hybridized carbons (Fsp3) is 0.667. The summed E-state index contributed by atoms with van der Waals surface area (Å²) in [5, 5.41) is 13.6. The molecule has 7 aliphatic rings. The van der Waals surface area contributed by atoms with Gasteiger partial charge < -0.3 is 42.7 Å². The Balaban J connectivity index is 1.46. The van der Waals surface area contributed by atoms with Gasteiger partial charge in [0, 0.05) is 53.7 Å². The van der Waals surface area contributed by atoms with Crippen molar-refractivity contribution in [2.24, 2.45) is 22.2 Å². The van der Waals surface area contributed by atoms with Gasteiger partial charge in [0.15, 0.2) is 11.7 Å². The van der Waals surface area contributed by atoms with E-state index in [0.29, 0.717) is 23.1 Å². The third-order valence-corrected chi connectivity index (χ3v) is 13.7. The number of cyclic esters (lactones) is 1. The van der Waals surface area contributed by atoms with Crippen molar-refractivity contribution in [1.82, 2.24) is 0 Å². The molecule has 0 amide bonds. The number of aliphatic hydroxyl groups is 1. The van der Waals surface area contributed by atoms with Gasteiger partial charge in [-0.05, 0) is 50.7 Å². The maximum atomic E-state index is 13.7. The lowest BCUT2D eigenvalue weighted by Gasteiger charge is -2.75. The van der Waals surface area contributed by atoms with Crippen LogP contribution < -0.4 is 0 Å². The zero-order chi connectivity index (χ0) is 35.4. The van der Waals surface area contributed by atoms with E-state index in [1.165, 1.54) is 32.6 Å². The Labute approximate surface area is 283 Å². The molecule has 1 spiro atoms. The predicted molar refractivity (Wildman–Crippen MR) is 164 cm³/mol. The number of methoxy groups -OCH3 is 1. The van der Waals surface area contributed by atoms with E-state index in [-0.39, 0.29) is 19.3 Å². The zero-order valence-electron chi connectivity index (χ0n) is 28.9.